The summed E-state index contributed by atoms with van der Waals surface area (Å²) in [7, 11) is 0. The minimum absolute atomic E-state index is 0.0368. The number of halogens is 1. The predicted octanol–water partition coefficient (Wildman–Crippen LogP) is 3.12. The van der Waals surface area contributed by atoms with Crippen LogP contribution in [0.25, 0.3) is 0 Å². The lowest BCUT2D eigenvalue weighted by Crippen LogP contribution is -2.36. The number of nitrogens with two attached hydrogens (primary N) is 1. The van der Waals surface area contributed by atoms with Gasteiger partial charge in [-0.2, -0.15) is 0 Å². The van der Waals surface area contributed by atoms with E-state index in [1.165, 1.54) is 5.56 Å². The number of carbonyl (C=O) groups excluding carboxylic acids is 1. The fourth-order valence-electron chi connectivity index (χ4n) is 2.59. The second kappa shape index (κ2) is 5.17. The Balaban J connectivity index is 1.83. The van der Waals surface area contributed by atoms with Gasteiger partial charge in [-0.05, 0) is 47.9 Å². The van der Waals surface area contributed by atoms with Crippen LogP contribution in [-0.2, 0) is 13.0 Å². The van der Waals surface area contributed by atoms with Gasteiger partial charge in [-0.1, -0.05) is 23.7 Å². The van der Waals surface area contributed by atoms with Crippen LogP contribution in [0.2, 0.25) is 5.02 Å². The lowest BCUT2D eigenvalue weighted by molar-refractivity contribution is 0.0735. The molecule has 1 heterocycles. The average Bonchev–Trinajstić information content (AvgIpc) is 2.47. The number of fused-ring (bicyclic) bond motifs is 1. The molecule has 2 aromatic carbocycles. The van der Waals surface area contributed by atoms with Crippen LogP contribution in [0.1, 0.15) is 21.5 Å². The summed E-state index contributed by atoms with van der Waals surface area (Å²) < 4.78 is 0. The van der Waals surface area contributed by atoms with Crippen molar-refractivity contribution in [1.82, 2.24) is 4.90 Å². The smallest absolute Gasteiger partial charge is 0.254 e. The van der Waals surface area contributed by atoms with E-state index < -0.39 is 0 Å². The first kappa shape index (κ1) is 13.0. The maximum absolute atomic E-state index is 12.5. The van der Waals surface area contributed by atoms with E-state index in [4.69, 9.17) is 17.3 Å². The molecule has 0 aliphatic carbocycles. The summed E-state index contributed by atoms with van der Waals surface area (Å²) in [6.45, 7) is 1.31. The molecule has 3 rings (SSSR count). The number of nitrogens with zero attached hydrogens (tertiary/aromatic N) is 1. The van der Waals surface area contributed by atoms with Crippen molar-refractivity contribution in [2.75, 3.05) is 12.3 Å². The van der Waals surface area contributed by atoms with E-state index >= 15 is 0 Å². The Morgan fingerprint density at radius 2 is 1.90 bits per heavy atom. The van der Waals surface area contributed by atoms with E-state index in [0.717, 1.165) is 17.7 Å². The van der Waals surface area contributed by atoms with E-state index in [2.05, 4.69) is 0 Å². The van der Waals surface area contributed by atoms with Gasteiger partial charge in [0.2, 0.25) is 0 Å². The first-order chi connectivity index (χ1) is 9.65. The van der Waals surface area contributed by atoms with Crippen molar-refractivity contribution in [2.24, 2.45) is 0 Å². The minimum Gasteiger partial charge on any atom is -0.398 e. The van der Waals surface area contributed by atoms with Gasteiger partial charge in [-0.3, -0.25) is 4.79 Å². The van der Waals surface area contributed by atoms with Gasteiger partial charge >= 0.3 is 0 Å². The van der Waals surface area contributed by atoms with E-state index in [1.807, 2.05) is 23.1 Å². The summed E-state index contributed by atoms with van der Waals surface area (Å²) in [6.07, 6.45) is 0.807. The molecule has 0 saturated carbocycles. The Kier molecular flexibility index (Phi) is 3.36. The molecule has 0 spiro atoms. The van der Waals surface area contributed by atoms with Crippen LogP contribution in [0.15, 0.2) is 42.5 Å². The zero-order chi connectivity index (χ0) is 14.1. The first-order valence-corrected chi connectivity index (χ1v) is 6.94. The molecule has 4 heteroatoms. The van der Waals surface area contributed by atoms with Crippen LogP contribution in [-0.4, -0.2) is 17.4 Å². The second-order valence-electron chi connectivity index (χ2n) is 4.97. The highest BCUT2D eigenvalue weighted by Gasteiger charge is 2.22. The van der Waals surface area contributed by atoms with Gasteiger partial charge < -0.3 is 10.6 Å². The number of hydrogen-bond donors (Lipinski definition) is 1. The molecule has 0 bridgehead atoms. The summed E-state index contributed by atoms with van der Waals surface area (Å²) in [5.41, 5.74) is 9.77. The van der Waals surface area contributed by atoms with Gasteiger partial charge in [0.1, 0.15) is 0 Å². The molecule has 3 nitrogen and oxygen atoms in total. The summed E-state index contributed by atoms with van der Waals surface area (Å²) in [5.74, 6) is 0.0368. The maximum atomic E-state index is 12.5. The number of nitrogen functional groups attached to an aromatic ring is 1. The minimum atomic E-state index is 0.0368. The van der Waals surface area contributed by atoms with Gasteiger partial charge in [0.05, 0.1) is 0 Å². The molecule has 1 aliphatic rings. The number of rotatable bonds is 1. The molecule has 20 heavy (non-hydrogen) atoms. The SMILES string of the molecule is Nc1cccc2c1CCN(C(=O)c1ccc(Cl)cc1)C2. The molecular formula is C16H15ClN2O. The van der Waals surface area contributed by atoms with Crippen LogP contribution in [0.5, 0.6) is 0 Å². The molecule has 0 unspecified atom stereocenters. The van der Waals surface area contributed by atoms with Crippen LogP contribution in [0.4, 0.5) is 5.69 Å². The normalized spacial score (nSPS) is 13.9. The van der Waals surface area contributed by atoms with Crippen LogP contribution in [0, 0.1) is 0 Å². The third-order valence-electron chi connectivity index (χ3n) is 3.68. The molecule has 2 N–H and O–H groups in total. The van der Waals surface area contributed by atoms with Gasteiger partial charge in [0.25, 0.3) is 5.91 Å². The Labute approximate surface area is 123 Å². The van der Waals surface area contributed by atoms with E-state index in [9.17, 15) is 4.79 Å². The molecule has 0 atom stereocenters. The van der Waals surface area contributed by atoms with Gasteiger partial charge in [-0.25, -0.2) is 0 Å². The highest BCUT2D eigenvalue weighted by molar-refractivity contribution is 6.30. The van der Waals surface area contributed by atoms with Crippen molar-refractivity contribution in [3.05, 3.63) is 64.2 Å². The van der Waals surface area contributed by atoms with Crippen molar-refractivity contribution >= 4 is 23.2 Å². The highest BCUT2D eigenvalue weighted by atomic mass is 35.5. The number of carbonyl (C=O) groups is 1. The molecule has 0 fully saturated rings. The van der Waals surface area contributed by atoms with Gasteiger partial charge in [0, 0.05) is 29.4 Å². The summed E-state index contributed by atoms with van der Waals surface area (Å²) in [4.78, 5) is 14.3. The molecule has 2 aromatic rings. The zero-order valence-corrected chi connectivity index (χ0v) is 11.7. The molecular weight excluding hydrogens is 272 g/mol. The monoisotopic (exact) mass is 286 g/mol. The van der Waals surface area contributed by atoms with Crippen molar-refractivity contribution in [1.29, 1.82) is 0 Å². The molecule has 102 valence electrons. The fourth-order valence-corrected chi connectivity index (χ4v) is 2.71. The van der Waals surface area contributed by atoms with Gasteiger partial charge in [-0.15, -0.1) is 0 Å². The van der Waals surface area contributed by atoms with Crippen molar-refractivity contribution < 1.29 is 4.79 Å². The van der Waals surface area contributed by atoms with Crippen molar-refractivity contribution in [3.63, 3.8) is 0 Å². The summed E-state index contributed by atoms with van der Waals surface area (Å²) >= 11 is 5.85. The van der Waals surface area contributed by atoms with Crippen LogP contribution in [0.3, 0.4) is 0 Å². The number of benzene rings is 2. The average molecular weight is 287 g/mol. The number of anilines is 1. The largest absolute Gasteiger partial charge is 0.398 e. The van der Waals surface area contributed by atoms with E-state index in [1.54, 1.807) is 24.3 Å². The Bertz CT molecular complexity index is 652. The van der Waals surface area contributed by atoms with Crippen molar-refractivity contribution in [2.45, 2.75) is 13.0 Å². The van der Waals surface area contributed by atoms with E-state index in [0.29, 0.717) is 23.7 Å². The Morgan fingerprint density at radius 1 is 1.15 bits per heavy atom. The molecule has 1 amide bonds. The topological polar surface area (TPSA) is 46.3 Å². The zero-order valence-electron chi connectivity index (χ0n) is 11.0. The molecule has 1 aliphatic heterocycles. The summed E-state index contributed by atoms with van der Waals surface area (Å²) in [5, 5.41) is 0.637. The Hall–Kier alpha value is -2.00. The van der Waals surface area contributed by atoms with Crippen LogP contribution >= 0.6 is 11.6 Å². The maximum Gasteiger partial charge on any atom is 0.254 e. The van der Waals surface area contributed by atoms with Crippen molar-refractivity contribution in [3.8, 4) is 0 Å². The lowest BCUT2D eigenvalue weighted by atomic mass is 9.97. The molecule has 0 saturated heterocycles. The van der Waals surface area contributed by atoms with E-state index in [-0.39, 0.29) is 5.91 Å². The third kappa shape index (κ3) is 2.37. The lowest BCUT2D eigenvalue weighted by Gasteiger charge is -2.29. The highest BCUT2D eigenvalue weighted by Crippen LogP contribution is 2.25. The molecule has 0 radical (unpaired) electrons. The Morgan fingerprint density at radius 3 is 2.65 bits per heavy atom. The predicted molar refractivity (Wildman–Crippen MR) is 80.8 cm³/mol. The standard InChI is InChI=1S/C16H15ClN2O/c17-13-6-4-11(5-7-13)16(20)19-9-8-14-12(10-19)2-1-3-15(14)18/h1-7H,8-10,18H2. The third-order valence-corrected chi connectivity index (χ3v) is 3.93. The van der Waals surface area contributed by atoms with Gasteiger partial charge in [0.15, 0.2) is 0 Å². The molecule has 0 aromatic heterocycles. The fraction of sp³-hybridized carbons (Fsp3) is 0.188. The summed E-state index contributed by atoms with van der Waals surface area (Å²) in [6, 6.07) is 12.9. The first-order valence-electron chi connectivity index (χ1n) is 6.56. The quantitative estimate of drug-likeness (QED) is 0.819. The van der Waals surface area contributed by atoms with Crippen LogP contribution < -0.4 is 5.73 Å². The number of hydrogen-bond acceptors (Lipinski definition) is 2. The number of amides is 1. The second-order valence-corrected chi connectivity index (χ2v) is 5.40.